The number of rotatable bonds is 5. The summed E-state index contributed by atoms with van der Waals surface area (Å²) >= 11 is 0. The van der Waals surface area contributed by atoms with E-state index in [-0.39, 0.29) is 40.8 Å². The molecular formula is C18H13N7O4. The number of H-pyrrole nitrogens is 1. The number of nitriles is 2. The highest BCUT2D eigenvalue weighted by Gasteiger charge is 2.21. The fraction of sp³-hybridized carbons (Fsp3) is 0.111. The third kappa shape index (κ3) is 3.48. The first-order valence-corrected chi connectivity index (χ1v) is 8.14. The lowest BCUT2D eigenvalue weighted by Gasteiger charge is -2.14. The standard InChI is InChI=1S/C18H13N7O4/c1-10-6-15(25(27)28)23-24(10)9-29-14-5-3-2-4-11(14)16-12(7-19)17(21)22-18(26)13(16)8-20/h2-6H,9H2,1H3,(H3,21,22,26). The van der Waals surface area contributed by atoms with Crippen molar-refractivity contribution >= 4 is 11.6 Å². The minimum Gasteiger partial charge on any atom is -0.469 e. The summed E-state index contributed by atoms with van der Waals surface area (Å²) in [6.45, 7) is 1.47. The second-order valence-electron chi connectivity index (χ2n) is 5.89. The van der Waals surface area contributed by atoms with Crippen LogP contribution in [-0.2, 0) is 6.73 Å². The average Bonchev–Trinajstić information content (AvgIpc) is 3.07. The van der Waals surface area contributed by atoms with E-state index < -0.39 is 10.5 Å². The fourth-order valence-electron chi connectivity index (χ4n) is 2.76. The number of aromatic amines is 1. The smallest absolute Gasteiger partial charge is 0.390 e. The molecule has 0 amide bonds. The number of hydrogen-bond donors (Lipinski definition) is 2. The molecule has 0 atom stereocenters. The lowest BCUT2D eigenvalue weighted by molar-refractivity contribution is -0.389. The Morgan fingerprint density at radius 2 is 2.00 bits per heavy atom. The van der Waals surface area contributed by atoms with Crippen LogP contribution in [-0.4, -0.2) is 19.7 Å². The molecule has 11 heteroatoms. The Morgan fingerprint density at radius 1 is 1.31 bits per heavy atom. The molecule has 0 saturated heterocycles. The predicted molar refractivity (Wildman–Crippen MR) is 101 cm³/mol. The van der Waals surface area contributed by atoms with Crippen molar-refractivity contribution < 1.29 is 9.66 Å². The van der Waals surface area contributed by atoms with Crippen LogP contribution in [0.2, 0.25) is 0 Å². The summed E-state index contributed by atoms with van der Waals surface area (Å²) in [7, 11) is 0. The Labute approximate surface area is 163 Å². The Kier molecular flexibility index (Phi) is 4.97. The maximum absolute atomic E-state index is 12.1. The lowest BCUT2D eigenvalue weighted by atomic mass is 9.96. The van der Waals surface area contributed by atoms with Crippen molar-refractivity contribution in [2.75, 3.05) is 5.73 Å². The topological polar surface area (TPSA) is 177 Å². The normalized spacial score (nSPS) is 10.2. The van der Waals surface area contributed by atoms with E-state index in [1.165, 1.54) is 10.7 Å². The van der Waals surface area contributed by atoms with Gasteiger partial charge in [0, 0.05) is 11.1 Å². The largest absolute Gasteiger partial charge is 0.469 e. The molecule has 0 unspecified atom stereocenters. The molecule has 3 N–H and O–H groups in total. The van der Waals surface area contributed by atoms with E-state index in [1.54, 1.807) is 37.3 Å². The van der Waals surface area contributed by atoms with E-state index >= 15 is 0 Å². The van der Waals surface area contributed by atoms with E-state index in [2.05, 4.69) is 10.1 Å². The number of ether oxygens (including phenoxy) is 1. The predicted octanol–water partition coefficient (Wildman–Crippen LogP) is 1.82. The molecule has 0 aliphatic rings. The van der Waals surface area contributed by atoms with Gasteiger partial charge in [-0.2, -0.15) is 10.5 Å². The fourth-order valence-corrected chi connectivity index (χ4v) is 2.76. The lowest BCUT2D eigenvalue weighted by Crippen LogP contribution is -2.16. The van der Waals surface area contributed by atoms with Crippen molar-refractivity contribution in [2.24, 2.45) is 0 Å². The number of nitro groups is 1. The molecule has 29 heavy (non-hydrogen) atoms. The molecule has 3 aromatic rings. The highest BCUT2D eigenvalue weighted by Crippen LogP contribution is 2.35. The van der Waals surface area contributed by atoms with Crippen molar-refractivity contribution in [1.82, 2.24) is 14.8 Å². The number of anilines is 1. The highest BCUT2D eigenvalue weighted by atomic mass is 16.6. The number of aromatic nitrogens is 3. The molecule has 2 heterocycles. The van der Waals surface area contributed by atoms with Gasteiger partial charge < -0.3 is 25.6 Å². The molecule has 0 aliphatic heterocycles. The van der Waals surface area contributed by atoms with Crippen LogP contribution < -0.4 is 16.0 Å². The van der Waals surface area contributed by atoms with E-state index in [9.17, 15) is 25.4 Å². The van der Waals surface area contributed by atoms with Crippen LogP contribution in [0.15, 0.2) is 35.1 Å². The van der Waals surface area contributed by atoms with Crippen LogP contribution in [0.5, 0.6) is 5.75 Å². The summed E-state index contributed by atoms with van der Waals surface area (Å²) in [5.41, 5.74) is 5.54. The molecule has 2 aromatic heterocycles. The summed E-state index contributed by atoms with van der Waals surface area (Å²) in [5, 5.41) is 33.6. The number of nitrogen functional groups attached to an aromatic ring is 1. The molecular weight excluding hydrogens is 378 g/mol. The van der Waals surface area contributed by atoms with Crippen molar-refractivity contribution in [3.8, 4) is 29.0 Å². The first kappa shape index (κ1) is 19.1. The van der Waals surface area contributed by atoms with Crippen LogP contribution in [0.4, 0.5) is 11.6 Å². The summed E-state index contributed by atoms with van der Waals surface area (Å²) in [6, 6.07) is 11.4. The SMILES string of the molecule is Cc1cc([N+](=O)[O-])nn1COc1ccccc1-c1c(C#N)c(N)[nH]c(=O)c1C#N. The molecule has 0 fully saturated rings. The second-order valence-corrected chi connectivity index (χ2v) is 5.89. The van der Waals surface area contributed by atoms with Crippen LogP contribution in [0, 0.1) is 39.7 Å². The van der Waals surface area contributed by atoms with Crippen LogP contribution in [0.25, 0.3) is 11.1 Å². The van der Waals surface area contributed by atoms with Gasteiger partial charge >= 0.3 is 5.82 Å². The number of aryl methyl sites for hydroxylation is 1. The Morgan fingerprint density at radius 3 is 2.62 bits per heavy atom. The number of pyridine rings is 1. The quantitative estimate of drug-likeness (QED) is 0.488. The molecule has 0 aliphatic carbocycles. The van der Waals surface area contributed by atoms with Crippen molar-refractivity contribution in [1.29, 1.82) is 10.5 Å². The van der Waals surface area contributed by atoms with Gasteiger partial charge in [0.1, 0.15) is 34.8 Å². The zero-order chi connectivity index (χ0) is 21.1. The molecule has 0 saturated carbocycles. The monoisotopic (exact) mass is 391 g/mol. The molecule has 0 radical (unpaired) electrons. The number of hydrogen-bond acceptors (Lipinski definition) is 8. The zero-order valence-electron chi connectivity index (χ0n) is 15.0. The van der Waals surface area contributed by atoms with Gasteiger partial charge in [0.15, 0.2) is 0 Å². The zero-order valence-corrected chi connectivity index (χ0v) is 15.0. The minimum absolute atomic E-state index is 0.0509. The number of para-hydroxylation sites is 1. The van der Waals surface area contributed by atoms with E-state index in [0.29, 0.717) is 11.3 Å². The Bertz CT molecular complexity index is 1260. The molecule has 0 bridgehead atoms. The van der Waals surface area contributed by atoms with Gasteiger partial charge in [0.25, 0.3) is 5.56 Å². The maximum Gasteiger partial charge on any atom is 0.390 e. The molecule has 0 spiro atoms. The third-order valence-corrected chi connectivity index (χ3v) is 4.12. The number of nitrogens with one attached hydrogen (secondary N) is 1. The Balaban J connectivity index is 2.08. The molecule has 1 aromatic carbocycles. The highest BCUT2D eigenvalue weighted by molar-refractivity contribution is 5.83. The molecule has 11 nitrogen and oxygen atoms in total. The van der Waals surface area contributed by atoms with E-state index in [0.717, 1.165) is 0 Å². The van der Waals surface area contributed by atoms with Gasteiger partial charge in [0.05, 0.1) is 16.9 Å². The van der Waals surface area contributed by atoms with Crippen LogP contribution >= 0.6 is 0 Å². The third-order valence-electron chi connectivity index (χ3n) is 4.12. The van der Waals surface area contributed by atoms with Crippen molar-refractivity contribution in [2.45, 2.75) is 13.7 Å². The van der Waals surface area contributed by atoms with Gasteiger partial charge in [0.2, 0.25) is 6.73 Å². The Hall–Kier alpha value is -4.64. The second kappa shape index (κ2) is 7.54. The van der Waals surface area contributed by atoms with Crippen molar-refractivity contribution in [3.63, 3.8) is 0 Å². The van der Waals surface area contributed by atoms with Gasteiger partial charge in [-0.15, -0.1) is 4.68 Å². The van der Waals surface area contributed by atoms with Crippen molar-refractivity contribution in [3.05, 3.63) is 67.6 Å². The number of benzene rings is 1. The molecule has 3 rings (SSSR count). The summed E-state index contributed by atoms with van der Waals surface area (Å²) < 4.78 is 7.03. The number of nitrogens with zero attached hydrogens (tertiary/aromatic N) is 5. The molecule has 144 valence electrons. The van der Waals surface area contributed by atoms with Crippen LogP contribution in [0.1, 0.15) is 16.8 Å². The van der Waals surface area contributed by atoms with Gasteiger partial charge in [-0.05, 0) is 17.9 Å². The first-order chi connectivity index (χ1) is 13.9. The maximum atomic E-state index is 12.1. The van der Waals surface area contributed by atoms with Crippen LogP contribution in [0.3, 0.4) is 0 Å². The van der Waals surface area contributed by atoms with E-state index in [4.69, 9.17) is 10.5 Å². The summed E-state index contributed by atoms with van der Waals surface area (Å²) in [4.78, 5) is 24.7. The summed E-state index contributed by atoms with van der Waals surface area (Å²) in [6.07, 6.45) is 0. The van der Waals surface area contributed by atoms with Gasteiger partial charge in [-0.25, -0.2) is 0 Å². The minimum atomic E-state index is -0.729. The number of nitrogens with two attached hydrogens (primary N) is 1. The first-order valence-electron chi connectivity index (χ1n) is 8.14. The van der Waals surface area contributed by atoms with E-state index in [1.807, 2.05) is 6.07 Å². The average molecular weight is 391 g/mol. The van der Waals surface area contributed by atoms with Gasteiger partial charge in [-0.3, -0.25) is 4.79 Å². The summed E-state index contributed by atoms with van der Waals surface area (Å²) in [5.74, 6) is -0.247. The van der Waals surface area contributed by atoms with Gasteiger partial charge in [-0.1, -0.05) is 18.2 Å².